The number of nitrogen functional groups attached to an aromatic ring is 1. The first-order valence-electron chi connectivity index (χ1n) is 6.02. The average Bonchev–Trinajstić information content (AvgIpc) is 2.42. The molecular weight excluding hydrogens is 236 g/mol. The molecule has 2 N–H and O–H groups in total. The number of aryl methyl sites for hydroxylation is 1. The highest BCUT2D eigenvalue weighted by Gasteiger charge is 2.06. The van der Waals surface area contributed by atoms with E-state index < -0.39 is 0 Å². The Bertz CT molecular complexity index is 628. The molecule has 0 saturated heterocycles. The topological polar surface area (TPSA) is 65.9 Å². The van der Waals surface area contributed by atoms with Crippen molar-refractivity contribution in [3.63, 3.8) is 0 Å². The molecule has 0 bridgehead atoms. The lowest BCUT2D eigenvalue weighted by atomic mass is 10.1. The molecule has 0 amide bonds. The Hall–Kier alpha value is -2.54. The van der Waals surface area contributed by atoms with Gasteiger partial charge in [-0.3, -0.25) is 0 Å². The van der Waals surface area contributed by atoms with Gasteiger partial charge in [-0.2, -0.15) is 5.26 Å². The van der Waals surface area contributed by atoms with Crippen molar-refractivity contribution in [2.75, 3.05) is 17.7 Å². The fourth-order valence-electron chi connectivity index (χ4n) is 1.83. The normalized spacial score (nSPS) is 9.95. The van der Waals surface area contributed by atoms with Crippen molar-refractivity contribution in [3.8, 4) is 6.07 Å². The van der Waals surface area contributed by atoms with Gasteiger partial charge in [0.25, 0.3) is 0 Å². The van der Waals surface area contributed by atoms with Gasteiger partial charge in [0.05, 0.1) is 11.6 Å². The first-order valence-corrected chi connectivity index (χ1v) is 6.02. The third-order valence-electron chi connectivity index (χ3n) is 3.00. The van der Waals surface area contributed by atoms with Crippen molar-refractivity contribution in [3.05, 3.63) is 53.2 Å². The van der Waals surface area contributed by atoms with Crippen LogP contribution in [0.25, 0.3) is 0 Å². The van der Waals surface area contributed by atoms with Crippen molar-refractivity contribution >= 4 is 11.5 Å². The molecule has 0 fully saturated rings. The summed E-state index contributed by atoms with van der Waals surface area (Å²) in [6.45, 7) is 2.62. The summed E-state index contributed by atoms with van der Waals surface area (Å²) in [5.41, 5.74) is 9.34. The largest absolute Gasteiger partial charge is 0.398 e. The summed E-state index contributed by atoms with van der Waals surface area (Å²) in [6, 6.07) is 11.6. The minimum Gasteiger partial charge on any atom is -0.398 e. The Morgan fingerprint density at radius 2 is 2.16 bits per heavy atom. The number of benzene rings is 1. The number of nitriles is 1. The molecule has 0 aliphatic rings. The van der Waals surface area contributed by atoms with Gasteiger partial charge in [-0.25, -0.2) is 4.98 Å². The second kappa shape index (κ2) is 5.40. The summed E-state index contributed by atoms with van der Waals surface area (Å²) in [4.78, 5) is 6.36. The lowest BCUT2D eigenvalue weighted by molar-refractivity contribution is 0.897. The van der Waals surface area contributed by atoms with E-state index in [1.54, 1.807) is 12.3 Å². The SMILES string of the molecule is Cc1cnc(N(C)Cc2cccc(C#N)c2)cc1N. The van der Waals surface area contributed by atoms with Crippen molar-refractivity contribution in [2.45, 2.75) is 13.5 Å². The van der Waals surface area contributed by atoms with E-state index in [9.17, 15) is 0 Å². The van der Waals surface area contributed by atoms with Crippen LogP contribution < -0.4 is 10.6 Å². The lowest BCUT2D eigenvalue weighted by Crippen LogP contribution is -2.18. The van der Waals surface area contributed by atoms with Gasteiger partial charge in [-0.15, -0.1) is 0 Å². The third-order valence-corrected chi connectivity index (χ3v) is 3.00. The summed E-state index contributed by atoms with van der Waals surface area (Å²) in [7, 11) is 1.95. The van der Waals surface area contributed by atoms with Gasteiger partial charge in [0, 0.05) is 31.5 Å². The first-order chi connectivity index (χ1) is 9.10. The van der Waals surface area contributed by atoms with Crippen LogP contribution in [0, 0.1) is 18.3 Å². The van der Waals surface area contributed by atoms with E-state index in [-0.39, 0.29) is 0 Å². The van der Waals surface area contributed by atoms with Crippen LogP contribution in [-0.2, 0) is 6.54 Å². The van der Waals surface area contributed by atoms with Crippen LogP contribution in [0.15, 0.2) is 36.5 Å². The van der Waals surface area contributed by atoms with Crippen LogP contribution in [0.2, 0.25) is 0 Å². The zero-order valence-electron chi connectivity index (χ0n) is 11.1. The Labute approximate surface area is 113 Å². The molecule has 1 heterocycles. The molecule has 0 aliphatic heterocycles. The summed E-state index contributed by atoms with van der Waals surface area (Å²) >= 11 is 0. The van der Waals surface area contributed by atoms with Crippen molar-refractivity contribution < 1.29 is 0 Å². The highest BCUT2D eigenvalue weighted by Crippen LogP contribution is 2.18. The molecule has 0 saturated carbocycles. The Morgan fingerprint density at radius 1 is 1.37 bits per heavy atom. The van der Waals surface area contributed by atoms with Gasteiger partial charge in [0.1, 0.15) is 5.82 Å². The van der Waals surface area contributed by atoms with Gasteiger partial charge in [-0.1, -0.05) is 12.1 Å². The van der Waals surface area contributed by atoms with E-state index in [2.05, 4.69) is 11.1 Å². The summed E-state index contributed by atoms with van der Waals surface area (Å²) in [5.74, 6) is 0.825. The highest BCUT2D eigenvalue weighted by atomic mass is 15.2. The second-order valence-corrected chi connectivity index (χ2v) is 4.57. The molecule has 96 valence electrons. The van der Waals surface area contributed by atoms with Crippen LogP contribution in [0.1, 0.15) is 16.7 Å². The molecule has 0 unspecified atom stereocenters. The molecule has 19 heavy (non-hydrogen) atoms. The quantitative estimate of drug-likeness (QED) is 0.911. The maximum absolute atomic E-state index is 8.89. The number of nitrogens with two attached hydrogens (primary N) is 1. The molecule has 1 aromatic heterocycles. The Kier molecular flexibility index (Phi) is 3.67. The number of pyridine rings is 1. The van der Waals surface area contributed by atoms with Crippen LogP contribution in [0.4, 0.5) is 11.5 Å². The molecule has 2 aromatic rings. The number of rotatable bonds is 3. The smallest absolute Gasteiger partial charge is 0.130 e. The van der Waals surface area contributed by atoms with Crippen LogP contribution in [0.5, 0.6) is 0 Å². The van der Waals surface area contributed by atoms with E-state index in [4.69, 9.17) is 11.0 Å². The highest BCUT2D eigenvalue weighted by molar-refractivity contribution is 5.54. The molecule has 1 aromatic carbocycles. The maximum atomic E-state index is 8.89. The Morgan fingerprint density at radius 3 is 2.84 bits per heavy atom. The number of anilines is 2. The minimum atomic E-state index is 0.669. The monoisotopic (exact) mass is 252 g/mol. The number of nitrogens with zero attached hydrogens (tertiary/aromatic N) is 3. The Balaban J connectivity index is 2.18. The predicted molar refractivity (Wildman–Crippen MR) is 76.7 cm³/mol. The van der Waals surface area contributed by atoms with Gasteiger partial charge in [-0.05, 0) is 30.2 Å². The molecule has 4 nitrogen and oxygen atoms in total. The standard InChI is InChI=1S/C15H16N4/c1-11-9-18-15(7-14(11)17)19(2)10-13-5-3-4-12(6-13)8-16/h3-7,9H,10H2,1-2H3,(H2,17,18). The van der Waals surface area contributed by atoms with Crippen molar-refractivity contribution in [2.24, 2.45) is 0 Å². The van der Waals surface area contributed by atoms with Gasteiger partial charge < -0.3 is 10.6 Å². The molecule has 0 aliphatic carbocycles. The second-order valence-electron chi connectivity index (χ2n) is 4.57. The van der Waals surface area contributed by atoms with E-state index in [1.165, 1.54) is 0 Å². The molecule has 4 heteroatoms. The molecule has 2 rings (SSSR count). The zero-order chi connectivity index (χ0) is 13.8. The number of aromatic nitrogens is 1. The molecular formula is C15H16N4. The van der Waals surface area contributed by atoms with Crippen LogP contribution in [0.3, 0.4) is 0 Å². The third kappa shape index (κ3) is 3.02. The van der Waals surface area contributed by atoms with Gasteiger partial charge in [0.2, 0.25) is 0 Å². The summed E-state index contributed by atoms with van der Waals surface area (Å²) < 4.78 is 0. The van der Waals surface area contributed by atoms with E-state index >= 15 is 0 Å². The predicted octanol–water partition coefficient (Wildman–Crippen LogP) is 2.48. The van der Waals surface area contributed by atoms with Gasteiger partial charge >= 0.3 is 0 Å². The zero-order valence-corrected chi connectivity index (χ0v) is 11.1. The number of hydrogen-bond donors (Lipinski definition) is 1. The van der Waals surface area contributed by atoms with Crippen LogP contribution >= 0.6 is 0 Å². The summed E-state index contributed by atoms with van der Waals surface area (Å²) in [5, 5.41) is 8.89. The first kappa shape index (κ1) is 12.9. The van der Waals surface area contributed by atoms with Crippen molar-refractivity contribution in [1.29, 1.82) is 5.26 Å². The number of hydrogen-bond acceptors (Lipinski definition) is 4. The van der Waals surface area contributed by atoms with Crippen LogP contribution in [-0.4, -0.2) is 12.0 Å². The van der Waals surface area contributed by atoms with E-state index in [1.807, 2.05) is 43.1 Å². The van der Waals surface area contributed by atoms with Crippen molar-refractivity contribution in [1.82, 2.24) is 4.98 Å². The van der Waals surface area contributed by atoms with E-state index in [0.29, 0.717) is 12.1 Å². The maximum Gasteiger partial charge on any atom is 0.130 e. The molecule has 0 radical (unpaired) electrons. The van der Waals surface area contributed by atoms with E-state index in [0.717, 1.165) is 22.6 Å². The fourth-order valence-corrected chi connectivity index (χ4v) is 1.83. The lowest BCUT2D eigenvalue weighted by Gasteiger charge is -2.19. The molecule has 0 spiro atoms. The van der Waals surface area contributed by atoms with Gasteiger partial charge in [0.15, 0.2) is 0 Å². The average molecular weight is 252 g/mol. The minimum absolute atomic E-state index is 0.669. The fraction of sp³-hybridized carbons (Fsp3) is 0.200. The molecule has 0 atom stereocenters. The summed E-state index contributed by atoms with van der Waals surface area (Å²) in [6.07, 6.45) is 1.77.